The lowest BCUT2D eigenvalue weighted by molar-refractivity contribution is -0.141. The van der Waals surface area contributed by atoms with Crippen LogP contribution in [0.4, 0.5) is 0 Å². The van der Waals surface area contributed by atoms with E-state index in [1.807, 2.05) is 98.8 Å². The van der Waals surface area contributed by atoms with Gasteiger partial charge in [0.15, 0.2) is 0 Å². The Labute approximate surface area is 236 Å². The molecule has 4 aromatic carbocycles. The molecule has 0 saturated carbocycles. The van der Waals surface area contributed by atoms with Gasteiger partial charge in [0.2, 0.25) is 0 Å². The molecule has 1 N–H and O–H groups in total. The summed E-state index contributed by atoms with van der Waals surface area (Å²) in [7, 11) is -2.62. The number of carbonyl (C=O) groups is 1. The molecule has 0 amide bonds. The molecule has 0 spiro atoms. The summed E-state index contributed by atoms with van der Waals surface area (Å²) in [5.41, 5.74) is 6.36. The molecule has 1 aliphatic heterocycles. The van der Waals surface area contributed by atoms with Crippen molar-refractivity contribution in [3.05, 3.63) is 137 Å². The number of hydrazine groups is 1. The number of fused-ring (bicyclic) bond motifs is 1. The van der Waals surface area contributed by atoms with E-state index in [1.54, 1.807) is 29.3 Å². The quantitative estimate of drug-likeness (QED) is 0.256. The molecule has 4 aromatic rings. The van der Waals surface area contributed by atoms with Gasteiger partial charge in [-0.15, -0.1) is 4.83 Å². The van der Waals surface area contributed by atoms with E-state index < -0.39 is 22.0 Å². The van der Waals surface area contributed by atoms with Crippen LogP contribution in [0.5, 0.6) is 0 Å². The van der Waals surface area contributed by atoms with E-state index in [-0.39, 0.29) is 17.3 Å². The molecule has 0 fully saturated rings. The zero-order chi connectivity index (χ0) is 28.3. The second kappa shape index (κ2) is 11.5. The minimum atomic E-state index is -3.99. The summed E-state index contributed by atoms with van der Waals surface area (Å²) in [6.45, 7) is 3.92. The molecule has 2 unspecified atom stereocenters. The molecule has 40 heavy (non-hydrogen) atoms. The highest BCUT2D eigenvalue weighted by Crippen LogP contribution is 2.46. The number of hydrogen-bond donors (Lipinski definition) is 1. The number of nitrogens with zero attached hydrogens (tertiary/aromatic N) is 1. The van der Waals surface area contributed by atoms with Gasteiger partial charge in [-0.3, -0.25) is 9.80 Å². The number of nitrogens with one attached hydrogen (secondary N) is 1. The fraction of sp³-hybridized carbons (Fsp3) is 0.182. The molecule has 5 rings (SSSR count). The smallest absolute Gasteiger partial charge is 0.306 e. The molecule has 0 aliphatic carbocycles. The largest absolute Gasteiger partial charge is 0.469 e. The first-order chi connectivity index (χ1) is 19.3. The van der Waals surface area contributed by atoms with Crippen molar-refractivity contribution >= 4 is 27.8 Å². The normalized spacial score (nSPS) is 15.6. The predicted molar refractivity (Wildman–Crippen MR) is 157 cm³/mol. The molecule has 1 aliphatic rings. The van der Waals surface area contributed by atoms with Crippen LogP contribution in [0, 0.1) is 13.8 Å². The highest BCUT2D eigenvalue weighted by molar-refractivity contribution is 7.89. The Balaban J connectivity index is 1.73. The van der Waals surface area contributed by atoms with E-state index >= 15 is 0 Å². The molecule has 0 radical (unpaired) electrons. The highest BCUT2D eigenvalue weighted by Gasteiger charge is 2.39. The van der Waals surface area contributed by atoms with Gasteiger partial charge in [-0.05, 0) is 54.3 Å². The minimum absolute atomic E-state index is 0.0590. The first-order valence-corrected chi connectivity index (χ1v) is 14.6. The Morgan fingerprint density at radius 1 is 0.850 bits per heavy atom. The second-order valence-corrected chi connectivity index (χ2v) is 11.7. The van der Waals surface area contributed by atoms with Gasteiger partial charge in [0, 0.05) is 5.92 Å². The van der Waals surface area contributed by atoms with Crippen molar-refractivity contribution in [1.29, 1.82) is 0 Å². The number of rotatable bonds is 8. The molecule has 0 aromatic heterocycles. The monoisotopic (exact) mass is 552 g/mol. The van der Waals surface area contributed by atoms with Gasteiger partial charge < -0.3 is 4.74 Å². The van der Waals surface area contributed by atoms with Crippen LogP contribution in [0.15, 0.2) is 108 Å². The summed E-state index contributed by atoms with van der Waals surface area (Å²) in [4.78, 5) is 15.9. The van der Waals surface area contributed by atoms with Crippen LogP contribution in [-0.2, 0) is 19.6 Å². The summed E-state index contributed by atoms with van der Waals surface area (Å²) in [5.74, 6) is -0.802. The lowest BCUT2D eigenvalue weighted by atomic mass is 9.80. The fourth-order valence-corrected chi connectivity index (χ4v) is 6.21. The number of benzene rings is 4. The van der Waals surface area contributed by atoms with Gasteiger partial charge in [-0.2, -0.15) is 0 Å². The van der Waals surface area contributed by atoms with Crippen molar-refractivity contribution in [3.63, 3.8) is 0 Å². The number of esters is 1. The van der Waals surface area contributed by atoms with Crippen LogP contribution in [0.2, 0.25) is 0 Å². The first-order valence-electron chi connectivity index (χ1n) is 13.1. The van der Waals surface area contributed by atoms with Gasteiger partial charge in [-0.1, -0.05) is 102 Å². The maximum atomic E-state index is 13.9. The summed E-state index contributed by atoms with van der Waals surface area (Å²) in [5, 5.41) is 1.71. The number of aryl methyl sites for hydroxylation is 2. The second-order valence-electron chi connectivity index (χ2n) is 10.0. The van der Waals surface area contributed by atoms with Gasteiger partial charge in [0.1, 0.15) is 0 Å². The minimum Gasteiger partial charge on any atom is -0.469 e. The van der Waals surface area contributed by atoms with E-state index in [2.05, 4.69) is 4.83 Å². The Morgan fingerprint density at radius 2 is 1.45 bits per heavy atom. The third-order valence-electron chi connectivity index (χ3n) is 7.26. The van der Waals surface area contributed by atoms with E-state index in [0.29, 0.717) is 5.70 Å². The Morgan fingerprint density at radius 3 is 2.10 bits per heavy atom. The molecule has 2 atom stereocenters. The Hall–Kier alpha value is -4.20. The maximum absolute atomic E-state index is 13.9. The standard InChI is InChI=1S/C33H32N2O4S/c1-23-13-17-26(18-14-23)31-21-27-11-7-8-12-29(27)33(30(22-32(36)39-3)25-9-5-4-6-10-25)35(31)34-40(37,38)28-19-15-24(2)16-20-28/h4-21,30,33-34H,22H2,1-3H3. The van der Waals surface area contributed by atoms with E-state index in [1.165, 1.54) is 7.11 Å². The van der Waals surface area contributed by atoms with Crippen LogP contribution >= 0.6 is 0 Å². The zero-order valence-electron chi connectivity index (χ0n) is 22.7. The molecule has 6 nitrogen and oxygen atoms in total. The predicted octanol–water partition coefficient (Wildman–Crippen LogP) is 6.40. The first kappa shape index (κ1) is 27.4. The number of sulfonamides is 1. The van der Waals surface area contributed by atoms with Crippen LogP contribution in [0.1, 0.15) is 51.8 Å². The molecule has 1 heterocycles. The molecule has 204 valence electrons. The highest BCUT2D eigenvalue weighted by atomic mass is 32.2. The summed E-state index contributed by atoms with van der Waals surface area (Å²) in [6, 6.07) is 31.8. The van der Waals surface area contributed by atoms with Crippen molar-refractivity contribution in [2.24, 2.45) is 0 Å². The van der Waals surface area contributed by atoms with Gasteiger partial charge in [-0.25, -0.2) is 8.42 Å². The number of ether oxygens (including phenoxy) is 1. The third-order valence-corrected chi connectivity index (χ3v) is 8.59. The molecular weight excluding hydrogens is 520 g/mol. The average molecular weight is 553 g/mol. The van der Waals surface area contributed by atoms with Crippen LogP contribution in [0.25, 0.3) is 11.8 Å². The summed E-state index contributed by atoms with van der Waals surface area (Å²) < 4.78 is 32.8. The van der Waals surface area contributed by atoms with Crippen molar-refractivity contribution in [1.82, 2.24) is 9.84 Å². The summed E-state index contributed by atoms with van der Waals surface area (Å²) in [6.07, 6.45) is 2.05. The SMILES string of the molecule is COC(=O)CC(c1ccccc1)C1c2ccccc2C=C(c2ccc(C)cc2)N1NS(=O)(=O)c1ccc(C)cc1. The maximum Gasteiger partial charge on any atom is 0.306 e. The number of methoxy groups -OCH3 is 1. The van der Waals surface area contributed by atoms with Crippen molar-refractivity contribution < 1.29 is 17.9 Å². The third kappa shape index (κ3) is 5.71. The van der Waals surface area contributed by atoms with Crippen molar-refractivity contribution in [2.45, 2.75) is 37.1 Å². The van der Waals surface area contributed by atoms with Crippen LogP contribution < -0.4 is 4.83 Å². The van der Waals surface area contributed by atoms with Gasteiger partial charge in [0.25, 0.3) is 10.0 Å². The molecule has 0 saturated heterocycles. The van der Waals surface area contributed by atoms with Gasteiger partial charge in [0.05, 0.1) is 30.2 Å². The summed E-state index contributed by atoms with van der Waals surface area (Å²) >= 11 is 0. The lowest BCUT2D eigenvalue weighted by Crippen LogP contribution is -2.46. The van der Waals surface area contributed by atoms with E-state index in [0.717, 1.165) is 33.4 Å². The number of carbonyl (C=O) groups excluding carboxylic acids is 1. The van der Waals surface area contributed by atoms with Crippen molar-refractivity contribution in [3.8, 4) is 0 Å². The number of hydrogen-bond acceptors (Lipinski definition) is 5. The molecule has 0 bridgehead atoms. The van der Waals surface area contributed by atoms with Crippen LogP contribution in [0.3, 0.4) is 0 Å². The Bertz CT molecular complexity index is 1630. The zero-order valence-corrected chi connectivity index (χ0v) is 23.6. The van der Waals surface area contributed by atoms with Gasteiger partial charge >= 0.3 is 5.97 Å². The van der Waals surface area contributed by atoms with Crippen molar-refractivity contribution in [2.75, 3.05) is 7.11 Å². The Kier molecular flexibility index (Phi) is 7.87. The topological polar surface area (TPSA) is 75.7 Å². The fourth-order valence-electron chi connectivity index (χ4n) is 5.14. The molecular formula is C33H32N2O4S. The van der Waals surface area contributed by atoms with E-state index in [9.17, 15) is 13.2 Å². The lowest BCUT2D eigenvalue weighted by Gasteiger charge is -2.43. The average Bonchev–Trinajstić information content (AvgIpc) is 2.97. The van der Waals surface area contributed by atoms with Crippen LogP contribution in [-0.4, -0.2) is 26.5 Å². The van der Waals surface area contributed by atoms with E-state index in [4.69, 9.17) is 4.74 Å². The molecule has 7 heteroatoms.